The first-order chi connectivity index (χ1) is 18.7. The largest absolute Gasteiger partial charge is 0.455 e. The molecule has 7 nitrogen and oxygen atoms in total. The van der Waals surface area contributed by atoms with Crippen LogP contribution in [0.4, 0.5) is 10.1 Å². The minimum absolute atomic E-state index is 0.0594. The zero-order chi connectivity index (χ0) is 27.9. The van der Waals surface area contributed by atoms with Crippen LogP contribution in [0.5, 0.6) is 0 Å². The Kier molecular flexibility index (Phi) is 8.81. The van der Waals surface area contributed by atoms with Crippen LogP contribution in [0.25, 0.3) is 17.4 Å². The molecule has 0 unspecified atom stereocenters. The SMILES string of the molecule is CN(C)c1ccc(/C=C(\NC(=O)c2cccc(F)c2)C(=O)N/N=C/c2ccc(-c3ccc(Cl)cc3Cl)o2)cc1. The summed E-state index contributed by atoms with van der Waals surface area (Å²) < 4.78 is 19.4. The zero-order valence-corrected chi connectivity index (χ0v) is 22.4. The molecule has 3 aromatic carbocycles. The van der Waals surface area contributed by atoms with Crippen LogP contribution in [0.3, 0.4) is 0 Å². The first-order valence-electron chi connectivity index (χ1n) is 11.6. The molecule has 1 heterocycles. The van der Waals surface area contributed by atoms with E-state index in [-0.39, 0.29) is 11.3 Å². The molecule has 1 aromatic heterocycles. The summed E-state index contributed by atoms with van der Waals surface area (Å²) >= 11 is 12.2. The van der Waals surface area contributed by atoms with E-state index in [2.05, 4.69) is 15.8 Å². The number of hydrogen-bond donors (Lipinski definition) is 2. The molecule has 0 aliphatic heterocycles. The van der Waals surface area contributed by atoms with Crippen molar-refractivity contribution in [3.63, 3.8) is 0 Å². The standard InChI is InChI=1S/C29H23Cl2FN4O3/c1-36(2)22-9-6-18(7-10-22)14-26(34-28(37)19-4-3-5-21(32)15-19)29(38)35-33-17-23-11-13-27(39-23)24-12-8-20(30)16-25(24)31/h3-17H,1-2H3,(H,34,37)(H,35,38)/b26-14-,33-17+. The smallest absolute Gasteiger partial charge is 0.287 e. The summed E-state index contributed by atoms with van der Waals surface area (Å²) in [6.45, 7) is 0. The third kappa shape index (κ3) is 7.34. The summed E-state index contributed by atoms with van der Waals surface area (Å²) in [6, 6.07) is 20.9. The number of benzene rings is 3. The Balaban J connectivity index is 1.52. The number of anilines is 1. The van der Waals surface area contributed by atoms with Crippen molar-refractivity contribution in [2.75, 3.05) is 19.0 Å². The predicted molar refractivity (Wildman–Crippen MR) is 153 cm³/mol. The number of amides is 2. The van der Waals surface area contributed by atoms with Gasteiger partial charge in [-0.1, -0.05) is 41.4 Å². The van der Waals surface area contributed by atoms with Crippen LogP contribution in [0.2, 0.25) is 10.0 Å². The third-order valence-electron chi connectivity index (χ3n) is 5.48. The lowest BCUT2D eigenvalue weighted by Gasteiger charge is -2.12. The van der Waals surface area contributed by atoms with Gasteiger partial charge >= 0.3 is 0 Å². The summed E-state index contributed by atoms with van der Waals surface area (Å²) in [5, 5.41) is 7.42. The lowest BCUT2D eigenvalue weighted by atomic mass is 10.1. The van der Waals surface area contributed by atoms with Crippen molar-refractivity contribution in [2.24, 2.45) is 5.10 Å². The predicted octanol–water partition coefficient (Wildman–Crippen LogP) is 6.38. The molecule has 0 spiro atoms. The van der Waals surface area contributed by atoms with Crippen LogP contribution < -0.4 is 15.6 Å². The fourth-order valence-corrected chi connectivity index (χ4v) is 3.99. The second-order valence-electron chi connectivity index (χ2n) is 8.53. The normalized spacial score (nSPS) is 11.5. The van der Waals surface area contributed by atoms with Crippen molar-refractivity contribution in [3.05, 3.63) is 117 Å². The number of carbonyl (C=O) groups excluding carboxylic acids is 2. The molecule has 0 saturated heterocycles. The van der Waals surface area contributed by atoms with Gasteiger partial charge in [0.1, 0.15) is 23.0 Å². The number of nitrogens with one attached hydrogen (secondary N) is 2. The number of rotatable bonds is 8. The van der Waals surface area contributed by atoms with E-state index in [0.717, 1.165) is 11.8 Å². The highest BCUT2D eigenvalue weighted by molar-refractivity contribution is 6.36. The molecular formula is C29H23Cl2FN4O3. The summed E-state index contributed by atoms with van der Waals surface area (Å²) in [5.41, 5.74) is 4.62. The number of furan rings is 1. The Morgan fingerprint density at radius 2 is 1.74 bits per heavy atom. The van der Waals surface area contributed by atoms with Crippen molar-refractivity contribution in [1.29, 1.82) is 0 Å². The fourth-order valence-electron chi connectivity index (χ4n) is 3.49. The van der Waals surface area contributed by atoms with Gasteiger partial charge in [-0.3, -0.25) is 9.59 Å². The van der Waals surface area contributed by atoms with Crippen molar-refractivity contribution in [3.8, 4) is 11.3 Å². The summed E-state index contributed by atoms with van der Waals surface area (Å²) in [7, 11) is 3.82. The van der Waals surface area contributed by atoms with Gasteiger partial charge in [0.15, 0.2) is 0 Å². The molecule has 0 atom stereocenters. The fraction of sp³-hybridized carbons (Fsp3) is 0.0690. The molecule has 0 saturated carbocycles. The van der Waals surface area contributed by atoms with Crippen molar-refractivity contribution >= 4 is 53.0 Å². The van der Waals surface area contributed by atoms with Gasteiger partial charge < -0.3 is 14.6 Å². The first kappa shape index (κ1) is 27.6. The molecule has 0 aliphatic rings. The molecule has 2 N–H and O–H groups in total. The van der Waals surface area contributed by atoms with Gasteiger partial charge in [-0.15, -0.1) is 0 Å². The Bertz CT molecular complexity index is 1560. The number of carbonyl (C=O) groups is 2. The average molecular weight is 565 g/mol. The minimum Gasteiger partial charge on any atom is -0.455 e. The molecule has 10 heteroatoms. The summed E-state index contributed by atoms with van der Waals surface area (Å²) in [4.78, 5) is 27.7. The second kappa shape index (κ2) is 12.4. The summed E-state index contributed by atoms with van der Waals surface area (Å²) in [5.74, 6) is -1.07. The van der Waals surface area contributed by atoms with Gasteiger partial charge in [0.2, 0.25) is 0 Å². The highest BCUT2D eigenvalue weighted by Gasteiger charge is 2.15. The molecule has 2 amide bonds. The average Bonchev–Trinajstić information content (AvgIpc) is 3.37. The van der Waals surface area contributed by atoms with Crippen LogP contribution in [-0.4, -0.2) is 32.1 Å². The van der Waals surface area contributed by atoms with E-state index in [9.17, 15) is 14.0 Å². The van der Waals surface area contributed by atoms with E-state index < -0.39 is 17.6 Å². The molecule has 0 aliphatic carbocycles. The lowest BCUT2D eigenvalue weighted by molar-refractivity contribution is -0.117. The van der Waals surface area contributed by atoms with E-state index >= 15 is 0 Å². The Morgan fingerprint density at radius 3 is 2.44 bits per heavy atom. The molecule has 39 heavy (non-hydrogen) atoms. The Morgan fingerprint density at radius 1 is 0.974 bits per heavy atom. The number of nitrogens with zero attached hydrogens (tertiary/aromatic N) is 2. The monoisotopic (exact) mass is 564 g/mol. The molecule has 4 aromatic rings. The van der Waals surface area contributed by atoms with Crippen LogP contribution in [0.1, 0.15) is 21.7 Å². The third-order valence-corrected chi connectivity index (χ3v) is 6.03. The summed E-state index contributed by atoms with van der Waals surface area (Å²) in [6.07, 6.45) is 2.80. The molecule has 0 fully saturated rings. The van der Waals surface area contributed by atoms with Gasteiger partial charge in [0.05, 0.1) is 11.2 Å². The molecule has 0 radical (unpaired) electrons. The highest BCUT2D eigenvalue weighted by Crippen LogP contribution is 2.31. The quantitative estimate of drug-likeness (QED) is 0.148. The second-order valence-corrected chi connectivity index (χ2v) is 9.38. The number of hydrogen-bond acceptors (Lipinski definition) is 5. The number of halogens is 3. The van der Waals surface area contributed by atoms with Crippen molar-refractivity contribution < 1.29 is 18.4 Å². The maximum Gasteiger partial charge on any atom is 0.287 e. The van der Waals surface area contributed by atoms with Gasteiger partial charge in [-0.2, -0.15) is 5.10 Å². The zero-order valence-electron chi connectivity index (χ0n) is 20.9. The van der Waals surface area contributed by atoms with Crippen molar-refractivity contribution in [1.82, 2.24) is 10.7 Å². The Hall–Kier alpha value is -4.40. The van der Waals surface area contributed by atoms with Crippen LogP contribution >= 0.6 is 23.2 Å². The van der Waals surface area contributed by atoms with Crippen LogP contribution in [0, 0.1) is 5.82 Å². The van der Waals surface area contributed by atoms with E-state index in [4.69, 9.17) is 27.6 Å². The molecular weight excluding hydrogens is 542 g/mol. The van der Waals surface area contributed by atoms with Crippen LogP contribution in [-0.2, 0) is 4.79 Å². The molecule has 198 valence electrons. The van der Waals surface area contributed by atoms with E-state index in [0.29, 0.717) is 32.7 Å². The number of hydrazone groups is 1. The van der Waals surface area contributed by atoms with Gasteiger partial charge in [0, 0.05) is 35.9 Å². The van der Waals surface area contributed by atoms with Gasteiger partial charge in [-0.05, 0) is 72.3 Å². The molecule has 4 rings (SSSR count). The minimum atomic E-state index is -0.694. The van der Waals surface area contributed by atoms with E-state index in [1.54, 1.807) is 42.5 Å². The van der Waals surface area contributed by atoms with Gasteiger partial charge in [-0.25, -0.2) is 9.82 Å². The topological polar surface area (TPSA) is 86.9 Å². The lowest BCUT2D eigenvalue weighted by Crippen LogP contribution is -2.32. The maximum atomic E-state index is 13.6. The molecule has 0 bridgehead atoms. The Labute approximate surface area is 234 Å². The van der Waals surface area contributed by atoms with Crippen molar-refractivity contribution in [2.45, 2.75) is 0 Å². The maximum absolute atomic E-state index is 13.6. The van der Waals surface area contributed by atoms with E-state index in [1.165, 1.54) is 30.5 Å². The van der Waals surface area contributed by atoms with Gasteiger partial charge in [0.25, 0.3) is 11.8 Å². The van der Waals surface area contributed by atoms with Crippen LogP contribution in [0.15, 0.2) is 94.1 Å². The van der Waals surface area contributed by atoms with E-state index in [1.807, 2.05) is 31.1 Å². The first-order valence-corrected chi connectivity index (χ1v) is 12.4. The highest BCUT2D eigenvalue weighted by atomic mass is 35.5.